The molecule has 0 saturated carbocycles. The van der Waals surface area contributed by atoms with Crippen LogP contribution in [0.3, 0.4) is 0 Å². The highest BCUT2D eigenvalue weighted by Gasteiger charge is 2.26. The molecule has 2 aliphatic rings. The highest BCUT2D eigenvalue weighted by Crippen LogP contribution is 2.34. The van der Waals surface area contributed by atoms with E-state index >= 15 is 0 Å². The van der Waals surface area contributed by atoms with E-state index in [1.165, 1.54) is 54.0 Å². The van der Waals surface area contributed by atoms with Crippen molar-refractivity contribution in [3.8, 4) is 0 Å². The van der Waals surface area contributed by atoms with Crippen LogP contribution >= 0.6 is 11.3 Å². The Morgan fingerprint density at radius 1 is 1.25 bits per heavy atom. The van der Waals surface area contributed by atoms with Gasteiger partial charge in [0.05, 0.1) is 23.8 Å². The molecule has 0 aromatic carbocycles. The Morgan fingerprint density at radius 2 is 2.17 bits per heavy atom. The second-order valence-corrected chi connectivity index (χ2v) is 7.91. The van der Waals surface area contributed by atoms with Crippen LogP contribution in [-0.4, -0.2) is 44.4 Å². The van der Waals surface area contributed by atoms with Crippen LogP contribution in [0.4, 0.5) is 4.39 Å². The second-order valence-electron chi connectivity index (χ2n) is 6.79. The van der Waals surface area contributed by atoms with E-state index in [-0.39, 0.29) is 0 Å². The molecule has 5 nitrogen and oxygen atoms in total. The number of piperidine rings is 1. The third-order valence-corrected chi connectivity index (χ3v) is 6.39. The van der Waals surface area contributed by atoms with Crippen LogP contribution in [0.15, 0.2) is 6.33 Å². The summed E-state index contributed by atoms with van der Waals surface area (Å²) in [5.74, 6) is 1.40. The largest absolute Gasteiger partial charge is 0.295 e. The predicted molar refractivity (Wildman–Crippen MR) is 92.0 cm³/mol. The normalized spacial score (nSPS) is 21.8. The average Bonchev–Trinajstić information content (AvgIpc) is 3.22. The smallest absolute Gasteiger partial charge is 0.141 e. The third kappa shape index (κ3) is 3.37. The maximum atomic E-state index is 12.6. The summed E-state index contributed by atoms with van der Waals surface area (Å²) in [5, 5.41) is 5.45. The highest BCUT2D eigenvalue weighted by molar-refractivity contribution is 7.11. The minimum absolute atomic E-state index is 0.297. The van der Waals surface area contributed by atoms with Crippen molar-refractivity contribution in [2.24, 2.45) is 0 Å². The van der Waals surface area contributed by atoms with E-state index in [0.717, 1.165) is 31.9 Å². The molecule has 1 aliphatic heterocycles. The van der Waals surface area contributed by atoms with Gasteiger partial charge in [-0.1, -0.05) is 0 Å². The summed E-state index contributed by atoms with van der Waals surface area (Å²) in [6.07, 6.45) is 8.92. The molecule has 4 rings (SSSR count). The third-order valence-electron chi connectivity index (χ3n) is 5.07. The number of nitrogens with zero attached hydrogens (tertiary/aromatic N) is 5. The minimum Gasteiger partial charge on any atom is -0.295 e. The maximum absolute atomic E-state index is 12.6. The first kappa shape index (κ1) is 16.1. The predicted octanol–water partition coefficient (Wildman–Crippen LogP) is 2.96. The van der Waals surface area contributed by atoms with E-state index in [0.29, 0.717) is 12.5 Å². The molecule has 0 radical (unpaired) electrons. The first-order valence-corrected chi connectivity index (χ1v) is 9.78. The van der Waals surface area contributed by atoms with Crippen LogP contribution in [0.1, 0.15) is 53.0 Å². The van der Waals surface area contributed by atoms with E-state index < -0.39 is 6.67 Å². The van der Waals surface area contributed by atoms with Crippen LogP contribution in [0, 0.1) is 0 Å². The number of likely N-dealkylation sites (tertiary alicyclic amines) is 1. The van der Waals surface area contributed by atoms with Gasteiger partial charge in [0.1, 0.15) is 18.8 Å². The van der Waals surface area contributed by atoms with Crippen LogP contribution < -0.4 is 0 Å². The fourth-order valence-corrected chi connectivity index (χ4v) is 5.10. The molecule has 1 saturated heterocycles. The van der Waals surface area contributed by atoms with Crippen molar-refractivity contribution in [2.75, 3.05) is 19.8 Å². The zero-order valence-electron chi connectivity index (χ0n) is 14.0. The first-order valence-electron chi connectivity index (χ1n) is 8.97. The summed E-state index contributed by atoms with van der Waals surface area (Å²) < 4.78 is 14.3. The molecule has 0 unspecified atom stereocenters. The zero-order chi connectivity index (χ0) is 16.4. The molecule has 2 aromatic heterocycles. The van der Waals surface area contributed by atoms with E-state index in [4.69, 9.17) is 4.98 Å². The Labute approximate surface area is 145 Å². The summed E-state index contributed by atoms with van der Waals surface area (Å²) in [4.78, 5) is 13.2. The van der Waals surface area contributed by atoms with Gasteiger partial charge in [-0.3, -0.25) is 4.90 Å². The Bertz CT molecular complexity index is 659. The van der Waals surface area contributed by atoms with Crippen LogP contribution in [-0.2, 0) is 25.9 Å². The monoisotopic (exact) mass is 349 g/mol. The van der Waals surface area contributed by atoms with Gasteiger partial charge in [0.15, 0.2) is 0 Å². The van der Waals surface area contributed by atoms with Crippen LogP contribution in [0.2, 0.25) is 0 Å². The van der Waals surface area contributed by atoms with Gasteiger partial charge in [0.2, 0.25) is 0 Å². The minimum atomic E-state index is -0.399. The van der Waals surface area contributed by atoms with Crippen LogP contribution in [0.5, 0.6) is 0 Å². The molecule has 1 aliphatic carbocycles. The molecule has 24 heavy (non-hydrogen) atoms. The highest BCUT2D eigenvalue weighted by atomic mass is 32.1. The standard InChI is InChI=1S/C17H24FN5S/c18-7-9-23-16(19-12-20-23)11-22-8-3-4-13(10-22)17-21-14-5-1-2-6-15(14)24-17/h12-13H,1-11H2/t13-/m0/s1. The summed E-state index contributed by atoms with van der Waals surface area (Å²) in [6, 6.07) is 0. The number of aryl methyl sites for hydroxylation is 3. The van der Waals surface area contributed by atoms with Crippen molar-refractivity contribution in [1.82, 2.24) is 24.6 Å². The van der Waals surface area contributed by atoms with Crippen molar-refractivity contribution in [2.45, 2.75) is 57.5 Å². The number of thiazole rings is 1. The van der Waals surface area contributed by atoms with Gasteiger partial charge in [-0.05, 0) is 45.1 Å². The Hall–Kier alpha value is -1.34. The van der Waals surface area contributed by atoms with Crippen molar-refractivity contribution in [1.29, 1.82) is 0 Å². The fourth-order valence-electron chi connectivity index (χ4n) is 3.82. The Morgan fingerprint density at radius 3 is 3.04 bits per heavy atom. The Balaban J connectivity index is 1.43. The molecule has 7 heteroatoms. The van der Waals surface area contributed by atoms with Crippen molar-refractivity contribution in [3.63, 3.8) is 0 Å². The first-order chi connectivity index (χ1) is 11.8. The van der Waals surface area contributed by atoms with Gasteiger partial charge < -0.3 is 0 Å². The summed E-state index contributed by atoms with van der Waals surface area (Å²) in [5.41, 5.74) is 1.36. The molecular weight excluding hydrogens is 325 g/mol. The lowest BCUT2D eigenvalue weighted by molar-refractivity contribution is 0.191. The van der Waals surface area contributed by atoms with Crippen molar-refractivity contribution < 1.29 is 4.39 Å². The maximum Gasteiger partial charge on any atom is 0.141 e. The molecule has 3 heterocycles. The molecule has 0 N–H and O–H groups in total. The lowest BCUT2D eigenvalue weighted by Crippen LogP contribution is -2.34. The van der Waals surface area contributed by atoms with Crippen molar-refractivity contribution in [3.05, 3.63) is 27.7 Å². The average molecular weight is 349 g/mol. The zero-order valence-corrected chi connectivity index (χ0v) is 14.8. The quantitative estimate of drug-likeness (QED) is 0.833. The van der Waals surface area contributed by atoms with E-state index in [2.05, 4.69) is 15.0 Å². The topological polar surface area (TPSA) is 46.8 Å². The number of halogens is 1. The molecule has 0 amide bonds. The lowest BCUT2D eigenvalue weighted by Gasteiger charge is -2.31. The molecule has 0 spiro atoms. The van der Waals surface area contributed by atoms with Gasteiger partial charge in [0, 0.05) is 17.3 Å². The number of aromatic nitrogens is 4. The van der Waals surface area contributed by atoms with E-state index in [9.17, 15) is 4.39 Å². The van der Waals surface area contributed by atoms with Crippen molar-refractivity contribution >= 4 is 11.3 Å². The summed E-state index contributed by atoms with van der Waals surface area (Å²) in [7, 11) is 0. The fraction of sp³-hybridized carbons (Fsp3) is 0.706. The van der Waals surface area contributed by atoms with Gasteiger partial charge in [-0.25, -0.2) is 19.0 Å². The Kier molecular flexibility index (Phi) is 4.89. The van der Waals surface area contributed by atoms with Crippen LogP contribution in [0.25, 0.3) is 0 Å². The number of hydrogen-bond donors (Lipinski definition) is 0. The molecule has 130 valence electrons. The molecule has 1 atom stereocenters. The molecular formula is C17H24FN5S. The summed E-state index contributed by atoms with van der Waals surface area (Å²) in [6.45, 7) is 2.75. The number of fused-ring (bicyclic) bond motifs is 1. The van der Waals surface area contributed by atoms with E-state index in [1.807, 2.05) is 11.3 Å². The second kappa shape index (κ2) is 7.27. The van der Waals surface area contributed by atoms with Gasteiger partial charge in [-0.2, -0.15) is 5.10 Å². The van der Waals surface area contributed by atoms with Gasteiger partial charge in [0.25, 0.3) is 0 Å². The van der Waals surface area contributed by atoms with Gasteiger partial charge in [-0.15, -0.1) is 11.3 Å². The molecule has 1 fully saturated rings. The number of hydrogen-bond acceptors (Lipinski definition) is 5. The number of rotatable bonds is 5. The van der Waals surface area contributed by atoms with E-state index in [1.54, 1.807) is 4.68 Å². The lowest BCUT2D eigenvalue weighted by atomic mass is 9.98. The number of alkyl halides is 1. The summed E-state index contributed by atoms with van der Waals surface area (Å²) >= 11 is 1.94. The SMILES string of the molecule is FCCn1ncnc1CN1CCC[C@H](c2nc3c(s2)CCCC3)C1. The molecule has 0 bridgehead atoms. The van der Waals surface area contributed by atoms with Gasteiger partial charge >= 0.3 is 0 Å². The molecule has 2 aromatic rings.